The number of anilines is 1. The molecule has 0 N–H and O–H groups in total. The minimum absolute atomic E-state index is 0.486. The number of hydrogen-bond acceptors (Lipinski definition) is 2. The van der Waals surface area contributed by atoms with Crippen LogP contribution in [-0.2, 0) is 6.54 Å². The second-order valence-electron chi connectivity index (χ2n) is 4.63. The lowest BCUT2D eigenvalue weighted by Gasteiger charge is -2.13. The van der Waals surface area contributed by atoms with Crippen molar-refractivity contribution in [1.29, 1.82) is 0 Å². The van der Waals surface area contributed by atoms with Gasteiger partial charge in [0.2, 0.25) is 0 Å². The molecule has 90 valence electrons. The van der Waals surface area contributed by atoms with E-state index in [0.717, 1.165) is 19.4 Å². The fraction of sp³-hybridized carbons (Fsp3) is 0.615. The molecule has 0 unspecified atom stereocenters. The molecule has 1 aromatic heterocycles. The second kappa shape index (κ2) is 5.73. The van der Waals surface area contributed by atoms with E-state index >= 15 is 0 Å². The van der Waals surface area contributed by atoms with Gasteiger partial charge in [-0.05, 0) is 18.8 Å². The lowest BCUT2D eigenvalue weighted by Crippen LogP contribution is -2.15. The molecule has 0 radical (unpaired) electrons. The van der Waals surface area contributed by atoms with Crippen LogP contribution < -0.4 is 4.90 Å². The van der Waals surface area contributed by atoms with Crippen LogP contribution in [0.1, 0.15) is 38.3 Å². The van der Waals surface area contributed by atoms with Gasteiger partial charge in [-0.15, -0.1) is 6.58 Å². The van der Waals surface area contributed by atoms with E-state index in [2.05, 4.69) is 55.3 Å². The highest BCUT2D eigenvalue weighted by Crippen LogP contribution is 2.20. The van der Waals surface area contributed by atoms with Crippen molar-refractivity contribution in [2.75, 3.05) is 19.0 Å². The highest BCUT2D eigenvalue weighted by atomic mass is 15.4. The molecule has 0 saturated carbocycles. The SMILES string of the molecule is C=CCCCn1nc(C(C)C)cc1N(C)C. The van der Waals surface area contributed by atoms with Gasteiger partial charge in [-0.25, -0.2) is 4.68 Å². The van der Waals surface area contributed by atoms with Crippen molar-refractivity contribution >= 4 is 5.82 Å². The van der Waals surface area contributed by atoms with E-state index in [4.69, 9.17) is 0 Å². The molecule has 3 nitrogen and oxygen atoms in total. The van der Waals surface area contributed by atoms with Gasteiger partial charge < -0.3 is 4.90 Å². The first-order valence-electron chi connectivity index (χ1n) is 5.92. The average Bonchev–Trinajstić information content (AvgIpc) is 2.62. The predicted octanol–water partition coefficient (Wildman–Crippen LogP) is 3.04. The lowest BCUT2D eigenvalue weighted by molar-refractivity contribution is 0.570. The Bertz CT molecular complexity index is 337. The van der Waals surface area contributed by atoms with E-state index in [1.165, 1.54) is 11.5 Å². The Hall–Kier alpha value is -1.25. The van der Waals surface area contributed by atoms with E-state index in [0.29, 0.717) is 5.92 Å². The Morgan fingerprint density at radius 3 is 2.69 bits per heavy atom. The van der Waals surface area contributed by atoms with E-state index in [1.807, 2.05) is 6.08 Å². The third-order valence-corrected chi connectivity index (χ3v) is 2.61. The lowest BCUT2D eigenvalue weighted by atomic mass is 10.1. The maximum Gasteiger partial charge on any atom is 0.126 e. The van der Waals surface area contributed by atoms with Crippen LogP contribution in [0.2, 0.25) is 0 Å². The minimum Gasteiger partial charge on any atom is -0.363 e. The number of allylic oxidation sites excluding steroid dienone is 1. The number of rotatable bonds is 6. The highest BCUT2D eigenvalue weighted by Gasteiger charge is 2.11. The summed E-state index contributed by atoms with van der Waals surface area (Å²) >= 11 is 0. The van der Waals surface area contributed by atoms with Gasteiger partial charge in [-0.3, -0.25) is 0 Å². The molecule has 0 spiro atoms. The monoisotopic (exact) mass is 221 g/mol. The van der Waals surface area contributed by atoms with Crippen LogP contribution in [-0.4, -0.2) is 23.9 Å². The van der Waals surface area contributed by atoms with Gasteiger partial charge in [-0.2, -0.15) is 5.10 Å². The summed E-state index contributed by atoms with van der Waals surface area (Å²) in [7, 11) is 4.12. The molecule has 0 aromatic carbocycles. The Morgan fingerprint density at radius 2 is 2.19 bits per heavy atom. The summed E-state index contributed by atoms with van der Waals surface area (Å²) in [5.41, 5.74) is 1.17. The molecular weight excluding hydrogens is 198 g/mol. The third-order valence-electron chi connectivity index (χ3n) is 2.61. The quantitative estimate of drug-likeness (QED) is 0.544. The molecular formula is C13H23N3. The zero-order chi connectivity index (χ0) is 12.1. The Labute approximate surface area is 98.8 Å². The Morgan fingerprint density at radius 1 is 1.50 bits per heavy atom. The van der Waals surface area contributed by atoms with Gasteiger partial charge in [0.05, 0.1) is 5.69 Å². The van der Waals surface area contributed by atoms with Crippen LogP contribution in [0.4, 0.5) is 5.82 Å². The summed E-state index contributed by atoms with van der Waals surface area (Å²) in [6, 6.07) is 2.18. The molecule has 0 aliphatic rings. The van der Waals surface area contributed by atoms with Crippen molar-refractivity contribution in [2.45, 2.75) is 39.2 Å². The zero-order valence-corrected chi connectivity index (χ0v) is 10.9. The third kappa shape index (κ3) is 3.12. The van der Waals surface area contributed by atoms with Crippen molar-refractivity contribution in [3.8, 4) is 0 Å². The standard InChI is InChI=1S/C13H23N3/c1-6-7-8-9-16-13(15(4)5)10-12(14-16)11(2)3/h6,10-11H,1,7-9H2,2-5H3. The zero-order valence-electron chi connectivity index (χ0n) is 10.9. The van der Waals surface area contributed by atoms with Gasteiger partial charge >= 0.3 is 0 Å². The molecule has 16 heavy (non-hydrogen) atoms. The van der Waals surface area contributed by atoms with Crippen LogP contribution in [0.3, 0.4) is 0 Å². The molecule has 1 rings (SSSR count). The topological polar surface area (TPSA) is 21.1 Å². The summed E-state index contributed by atoms with van der Waals surface area (Å²) in [5.74, 6) is 1.67. The molecule has 0 amide bonds. The predicted molar refractivity (Wildman–Crippen MR) is 70.1 cm³/mol. The number of aryl methyl sites for hydroxylation is 1. The van der Waals surface area contributed by atoms with Crippen molar-refractivity contribution in [2.24, 2.45) is 0 Å². The average molecular weight is 221 g/mol. The largest absolute Gasteiger partial charge is 0.363 e. The number of hydrogen-bond donors (Lipinski definition) is 0. The highest BCUT2D eigenvalue weighted by molar-refractivity contribution is 5.39. The van der Waals surface area contributed by atoms with Gasteiger partial charge in [0, 0.05) is 26.7 Å². The van der Waals surface area contributed by atoms with Crippen LogP contribution in [0.15, 0.2) is 18.7 Å². The van der Waals surface area contributed by atoms with Gasteiger partial charge in [-0.1, -0.05) is 19.9 Å². The first kappa shape index (κ1) is 12.8. The summed E-state index contributed by atoms with van der Waals surface area (Å²) < 4.78 is 2.10. The molecule has 1 aromatic rings. The molecule has 0 aliphatic carbocycles. The molecule has 0 bridgehead atoms. The Kier molecular flexibility index (Phi) is 4.59. The van der Waals surface area contributed by atoms with Gasteiger partial charge in [0.15, 0.2) is 0 Å². The number of aromatic nitrogens is 2. The van der Waals surface area contributed by atoms with E-state index in [-0.39, 0.29) is 0 Å². The van der Waals surface area contributed by atoms with E-state index < -0.39 is 0 Å². The molecule has 0 saturated heterocycles. The minimum atomic E-state index is 0.486. The molecule has 1 heterocycles. The van der Waals surface area contributed by atoms with Crippen LogP contribution in [0.5, 0.6) is 0 Å². The second-order valence-corrected chi connectivity index (χ2v) is 4.63. The van der Waals surface area contributed by atoms with Crippen LogP contribution >= 0.6 is 0 Å². The van der Waals surface area contributed by atoms with Gasteiger partial charge in [0.25, 0.3) is 0 Å². The molecule has 0 fully saturated rings. The number of unbranched alkanes of at least 4 members (excludes halogenated alkanes) is 1. The molecule has 3 heteroatoms. The Balaban J connectivity index is 2.82. The van der Waals surface area contributed by atoms with Gasteiger partial charge in [0.1, 0.15) is 5.82 Å². The normalized spacial score (nSPS) is 10.8. The van der Waals surface area contributed by atoms with Crippen molar-refractivity contribution < 1.29 is 0 Å². The summed E-state index contributed by atoms with van der Waals surface area (Å²) in [5, 5.41) is 4.64. The molecule has 0 atom stereocenters. The first-order chi connectivity index (χ1) is 7.56. The maximum absolute atomic E-state index is 4.64. The van der Waals surface area contributed by atoms with E-state index in [9.17, 15) is 0 Å². The molecule has 0 aliphatic heterocycles. The van der Waals surface area contributed by atoms with Crippen molar-refractivity contribution in [3.63, 3.8) is 0 Å². The van der Waals surface area contributed by atoms with E-state index in [1.54, 1.807) is 0 Å². The summed E-state index contributed by atoms with van der Waals surface area (Å²) in [6.45, 7) is 9.06. The van der Waals surface area contributed by atoms with Crippen molar-refractivity contribution in [1.82, 2.24) is 9.78 Å². The maximum atomic E-state index is 4.64. The summed E-state index contributed by atoms with van der Waals surface area (Å²) in [4.78, 5) is 2.12. The first-order valence-corrected chi connectivity index (χ1v) is 5.92. The fourth-order valence-electron chi connectivity index (χ4n) is 1.62. The van der Waals surface area contributed by atoms with Crippen LogP contribution in [0, 0.1) is 0 Å². The summed E-state index contributed by atoms with van der Waals surface area (Å²) in [6.07, 6.45) is 4.11. The van der Waals surface area contributed by atoms with Crippen molar-refractivity contribution in [3.05, 3.63) is 24.4 Å². The fourth-order valence-corrected chi connectivity index (χ4v) is 1.62. The van der Waals surface area contributed by atoms with Crippen LogP contribution in [0.25, 0.3) is 0 Å². The smallest absolute Gasteiger partial charge is 0.126 e. The number of nitrogens with zero attached hydrogens (tertiary/aromatic N) is 3.